The zero-order valence-corrected chi connectivity index (χ0v) is 11.6. The molecule has 0 aliphatic heterocycles. The normalized spacial score (nSPS) is 20.6. The molecule has 5 heteroatoms. The lowest BCUT2D eigenvalue weighted by Crippen LogP contribution is -2.16. The molecule has 1 aliphatic rings. The summed E-state index contributed by atoms with van der Waals surface area (Å²) in [6, 6.07) is 7.14. The van der Waals surface area contributed by atoms with Gasteiger partial charge in [-0.15, -0.1) is 0 Å². The van der Waals surface area contributed by atoms with E-state index in [1.807, 2.05) is 6.07 Å². The van der Waals surface area contributed by atoms with Crippen molar-refractivity contribution in [1.29, 1.82) is 0 Å². The molecular weight excluding hydrogens is 258 g/mol. The van der Waals surface area contributed by atoms with Gasteiger partial charge >= 0.3 is 5.97 Å². The van der Waals surface area contributed by atoms with Crippen LogP contribution in [-0.2, 0) is 9.59 Å². The molecule has 0 bridgehead atoms. The van der Waals surface area contributed by atoms with Gasteiger partial charge in [0, 0.05) is 11.8 Å². The second-order valence-electron chi connectivity index (χ2n) is 5.51. The van der Waals surface area contributed by atoms with E-state index in [-0.39, 0.29) is 5.91 Å². The van der Waals surface area contributed by atoms with E-state index in [1.54, 1.807) is 18.2 Å². The van der Waals surface area contributed by atoms with Crippen molar-refractivity contribution in [2.24, 2.45) is 17.8 Å². The van der Waals surface area contributed by atoms with Crippen molar-refractivity contribution < 1.29 is 19.4 Å². The number of hydrogen-bond acceptors (Lipinski definition) is 3. The van der Waals surface area contributed by atoms with E-state index in [9.17, 15) is 9.59 Å². The molecule has 1 fully saturated rings. The van der Waals surface area contributed by atoms with Crippen molar-refractivity contribution in [2.45, 2.75) is 20.3 Å². The Labute approximate surface area is 117 Å². The molecule has 108 valence electrons. The lowest BCUT2D eigenvalue weighted by molar-refractivity contribution is -0.139. The van der Waals surface area contributed by atoms with E-state index >= 15 is 0 Å². The predicted molar refractivity (Wildman–Crippen MR) is 74.6 cm³/mol. The van der Waals surface area contributed by atoms with Gasteiger partial charge in [-0.25, -0.2) is 0 Å². The predicted octanol–water partition coefficient (Wildman–Crippen LogP) is 2.38. The van der Waals surface area contributed by atoms with Crippen molar-refractivity contribution in [3.05, 3.63) is 24.3 Å². The smallest absolute Gasteiger partial charge is 0.307 e. The average molecular weight is 277 g/mol. The first-order valence-electron chi connectivity index (χ1n) is 6.74. The summed E-state index contributed by atoms with van der Waals surface area (Å²) >= 11 is 0. The van der Waals surface area contributed by atoms with Crippen LogP contribution >= 0.6 is 0 Å². The number of anilines is 1. The molecule has 2 atom stereocenters. The van der Waals surface area contributed by atoms with Crippen LogP contribution in [0, 0.1) is 17.8 Å². The van der Waals surface area contributed by atoms with Crippen LogP contribution in [0.1, 0.15) is 20.3 Å². The first-order valence-corrected chi connectivity index (χ1v) is 6.74. The number of carbonyl (C=O) groups excluding carboxylic acids is 1. The molecule has 2 unspecified atom stereocenters. The third-order valence-corrected chi connectivity index (χ3v) is 3.13. The number of aliphatic carboxylic acids is 1. The standard InChI is InChI=1S/C15H19NO4/c1-9(2)8-20-11-5-3-4-10(6-11)16-14(17)12-7-13(12)15(18)19/h3-6,9,12-13H,7-8H2,1-2H3,(H,16,17)(H,18,19). The fourth-order valence-corrected chi connectivity index (χ4v) is 1.92. The molecule has 2 N–H and O–H groups in total. The number of carbonyl (C=O) groups is 2. The third-order valence-electron chi connectivity index (χ3n) is 3.13. The molecule has 5 nitrogen and oxygen atoms in total. The molecule has 2 rings (SSSR count). The Morgan fingerprint density at radius 1 is 1.40 bits per heavy atom. The van der Waals surface area contributed by atoms with Crippen molar-refractivity contribution in [2.75, 3.05) is 11.9 Å². The zero-order chi connectivity index (χ0) is 14.7. The molecule has 1 aromatic carbocycles. The van der Waals surface area contributed by atoms with Gasteiger partial charge in [-0.05, 0) is 24.5 Å². The number of hydrogen-bond donors (Lipinski definition) is 2. The number of nitrogens with one attached hydrogen (secondary N) is 1. The summed E-state index contributed by atoms with van der Waals surface area (Å²) in [6.07, 6.45) is 0.421. The van der Waals surface area contributed by atoms with Crippen molar-refractivity contribution >= 4 is 17.6 Å². The minimum absolute atomic E-state index is 0.238. The van der Waals surface area contributed by atoms with E-state index in [2.05, 4.69) is 19.2 Å². The number of carboxylic acids is 1. The molecule has 1 aliphatic carbocycles. The number of benzene rings is 1. The van der Waals surface area contributed by atoms with Crippen LogP contribution in [0.2, 0.25) is 0 Å². The van der Waals surface area contributed by atoms with Gasteiger partial charge in [0.1, 0.15) is 5.75 Å². The van der Waals surface area contributed by atoms with E-state index < -0.39 is 17.8 Å². The highest BCUT2D eigenvalue weighted by molar-refractivity contribution is 5.98. The van der Waals surface area contributed by atoms with E-state index in [1.165, 1.54) is 0 Å². The van der Waals surface area contributed by atoms with Gasteiger partial charge in [0.15, 0.2) is 0 Å². The number of amides is 1. The zero-order valence-electron chi connectivity index (χ0n) is 11.6. The van der Waals surface area contributed by atoms with Gasteiger partial charge in [0.05, 0.1) is 18.4 Å². The molecule has 0 spiro atoms. The highest BCUT2D eigenvalue weighted by Gasteiger charge is 2.48. The summed E-state index contributed by atoms with van der Waals surface area (Å²) in [5, 5.41) is 11.5. The Hall–Kier alpha value is -2.04. The molecule has 0 saturated heterocycles. The Morgan fingerprint density at radius 2 is 2.15 bits per heavy atom. The second kappa shape index (κ2) is 5.94. The van der Waals surface area contributed by atoms with Crippen LogP contribution in [0.15, 0.2) is 24.3 Å². The highest BCUT2D eigenvalue weighted by atomic mass is 16.5. The summed E-state index contributed by atoms with van der Waals surface area (Å²) in [7, 11) is 0. The van der Waals surface area contributed by atoms with Crippen molar-refractivity contribution in [3.63, 3.8) is 0 Å². The van der Waals surface area contributed by atoms with Crippen LogP contribution in [0.25, 0.3) is 0 Å². The minimum atomic E-state index is -0.904. The second-order valence-corrected chi connectivity index (χ2v) is 5.51. The van der Waals surface area contributed by atoms with Gasteiger partial charge in [-0.1, -0.05) is 19.9 Å². The van der Waals surface area contributed by atoms with Gasteiger partial charge in [-0.2, -0.15) is 0 Å². The highest BCUT2D eigenvalue weighted by Crippen LogP contribution is 2.39. The molecule has 20 heavy (non-hydrogen) atoms. The summed E-state index contributed by atoms with van der Waals surface area (Å²) in [5.74, 6) is -0.959. The number of carboxylic acid groups (broad SMARTS) is 1. The van der Waals surface area contributed by atoms with Crippen LogP contribution in [0.3, 0.4) is 0 Å². The topological polar surface area (TPSA) is 75.6 Å². The monoisotopic (exact) mass is 277 g/mol. The lowest BCUT2D eigenvalue weighted by atomic mass is 10.2. The first-order chi connectivity index (χ1) is 9.47. The molecule has 1 amide bonds. The van der Waals surface area contributed by atoms with Gasteiger partial charge < -0.3 is 15.2 Å². The summed E-state index contributed by atoms with van der Waals surface area (Å²) in [5.41, 5.74) is 0.632. The van der Waals surface area contributed by atoms with E-state index in [0.717, 1.165) is 0 Å². The fraction of sp³-hybridized carbons (Fsp3) is 0.467. The Morgan fingerprint density at radius 3 is 2.75 bits per heavy atom. The SMILES string of the molecule is CC(C)COc1cccc(NC(=O)C2CC2C(=O)O)c1. The lowest BCUT2D eigenvalue weighted by Gasteiger charge is -2.10. The quantitative estimate of drug-likeness (QED) is 0.837. The molecule has 0 radical (unpaired) electrons. The number of rotatable bonds is 6. The largest absolute Gasteiger partial charge is 0.493 e. The van der Waals surface area contributed by atoms with Crippen LogP contribution in [0.4, 0.5) is 5.69 Å². The molecule has 1 saturated carbocycles. The Kier molecular flexibility index (Phi) is 4.27. The third kappa shape index (κ3) is 3.73. The van der Waals surface area contributed by atoms with Gasteiger partial charge in [0.2, 0.25) is 5.91 Å². The molecule has 1 aromatic rings. The maximum absolute atomic E-state index is 11.9. The van der Waals surface area contributed by atoms with Crippen LogP contribution < -0.4 is 10.1 Å². The minimum Gasteiger partial charge on any atom is -0.493 e. The number of ether oxygens (including phenoxy) is 1. The summed E-state index contributed by atoms with van der Waals surface area (Å²) in [4.78, 5) is 22.6. The maximum atomic E-state index is 11.9. The Balaban J connectivity index is 1.91. The van der Waals surface area contributed by atoms with Gasteiger partial charge in [0.25, 0.3) is 0 Å². The fourth-order valence-electron chi connectivity index (χ4n) is 1.92. The molecule has 0 aromatic heterocycles. The van der Waals surface area contributed by atoms with Crippen LogP contribution in [0.5, 0.6) is 5.75 Å². The molecular formula is C15H19NO4. The average Bonchev–Trinajstić information content (AvgIpc) is 3.17. The van der Waals surface area contributed by atoms with Crippen molar-refractivity contribution in [3.8, 4) is 5.75 Å². The van der Waals surface area contributed by atoms with Crippen LogP contribution in [-0.4, -0.2) is 23.6 Å². The summed E-state index contributed by atoms with van der Waals surface area (Å²) in [6.45, 7) is 4.73. The Bertz CT molecular complexity index is 512. The van der Waals surface area contributed by atoms with E-state index in [0.29, 0.717) is 30.4 Å². The first kappa shape index (κ1) is 14.4. The van der Waals surface area contributed by atoms with Crippen molar-refractivity contribution in [1.82, 2.24) is 0 Å². The van der Waals surface area contributed by atoms with E-state index in [4.69, 9.17) is 9.84 Å². The maximum Gasteiger partial charge on any atom is 0.307 e. The van der Waals surface area contributed by atoms with Gasteiger partial charge in [-0.3, -0.25) is 9.59 Å². The molecule has 0 heterocycles. The summed E-state index contributed by atoms with van der Waals surface area (Å²) < 4.78 is 5.58.